The summed E-state index contributed by atoms with van der Waals surface area (Å²) in [7, 11) is 1.60. The molecule has 116 valence electrons. The lowest BCUT2D eigenvalue weighted by Gasteiger charge is -2.32. The van der Waals surface area contributed by atoms with Crippen LogP contribution in [0.1, 0.15) is 38.2 Å². The lowest BCUT2D eigenvalue weighted by molar-refractivity contribution is -0.384. The van der Waals surface area contributed by atoms with Gasteiger partial charge in [0.1, 0.15) is 5.75 Å². The van der Waals surface area contributed by atoms with Crippen LogP contribution in [0.15, 0.2) is 18.2 Å². The van der Waals surface area contributed by atoms with Crippen molar-refractivity contribution in [3.63, 3.8) is 0 Å². The summed E-state index contributed by atoms with van der Waals surface area (Å²) in [4.78, 5) is 10.6. The van der Waals surface area contributed by atoms with Crippen molar-refractivity contribution in [1.29, 1.82) is 0 Å². The van der Waals surface area contributed by atoms with Gasteiger partial charge in [0.05, 0.1) is 12.0 Å². The molecular weight excluding hydrogens is 290 g/mol. The molecule has 3 atom stereocenters. The smallest absolute Gasteiger partial charge is 0.269 e. The Morgan fingerprint density at radius 2 is 2.19 bits per heavy atom. The van der Waals surface area contributed by atoms with Crippen molar-refractivity contribution in [1.82, 2.24) is 0 Å². The average Bonchev–Trinajstić information content (AvgIpc) is 2.49. The van der Waals surface area contributed by atoms with E-state index < -0.39 is 0 Å². The molecule has 1 aromatic carbocycles. The second kappa shape index (κ2) is 7.12. The quantitative estimate of drug-likeness (QED) is 0.454. The maximum Gasteiger partial charge on any atom is 0.269 e. The molecule has 0 amide bonds. The van der Waals surface area contributed by atoms with Gasteiger partial charge >= 0.3 is 0 Å². The van der Waals surface area contributed by atoms with Crippen molar-refractivity contribution >= 4 is 17.3 Å². The molecule has 0 aliphatic heterocycles. The van der Waals surface area contributed by atoms with Crippen LogP contribution in [0, 0.1) is 22.0 Å². The number of hydrogen-bond acceptors (Lipinski definition) is 3. The number of methoxy groups -OCH3 is 1. The molecule has 21 heavy (non-hydrogen) atoms. The van der Waals surface area contributed by atoms with Crippen LogP contribution in [0.4, 0.5) is 5.69 Å². The first-order valence-electron chi connectivity index (χ1n) is 7.50. The maximum atomic E-state index is 10.9. The van der Waals surface area contributed by atoms with Gasteiger partial charge in [-0.2, -0.15) is 0 Å². The van der Waals surface area contributed by atoms with Gasteiger partial charge in [-0.05, 0) is 43.6 Å². The minimum Gasteiger partial charge on any atom is -0.496 e. The standard InChI is InChI=1S/C16H22ClNO3/c1-3-11-4-6-15(17)12(8-11)9-13-10-14(18(19)20)5-7-16(13)21-2/h5,7,10-12,15H,3-4,6,8-9H2,1-2H3. The highest BCUT2D eigenvalue weighted by Gasteiger charge is 2.29. The molecule has 1 fully saturated rings. The number of rotatable bonds is 5. The van der Waals surface area contributed by atoms with Crippen LogP contribution < -0.4 is 4.74 Å². The van der Waals surface area contributed by atoms with E-state index in [-0.39, 0.29) is 16.0 Å². The van der Waals surface area contributed by atoms with E-state index in [1.54, 1.807) is 19.2 Å². The monoisotopic (exact) mass is 311 g/mol. The van der Waals surface area contributed by atoms with Crippen LogP contribution in [0.3, 0.4) is 0 Å². The lowest BCUT2D eigenvalue weighted by Crippen LogP contribution is -2.27. The first-order chi connectivity index (χ1) is 10.0. The van der Waals surface area contributed by atoms with Gasteiger partial charge in [0.2, 0.25) is 0 Å². The number of nitrogens with zero attached hydrogens (tertiary/aromatic N) is 1. The van der Waals surface area contributed by atoms with Crippen molar-refractivity contribution in [2.45, 2.75) is 44.4 Å². The van der Waals surface area contributed by atoms with Crippen LogP contribution in [-0.4, -0.2) is 17.4 Å². The van der Waals surface area contributed by atoms with Gasteiger partial charge in [0.15, 0.2) is 0 Å². The molecule has 0 saturated heterocycles. The van der Waals surface area contributed by atoms with E-state index in [9.17, 15) is 10.1 Å². The Kier molecular flexibility index (Phi) is 5.45. The molecule has 5 heteroatoms. The van der Waals surface area contributed by atoms with Gasteiger partial charge in [-0.15, -0.1) is 11.6 Å². The minimum absolute atomic E-state index is 0.111. The van der Waals surface area contributed by atoms with E-state index in [1.807, 2.05) is 0 Å². The first kappa shape index (κ1) is 16.1. The summed E-state index contributed by atoms with van der Waals surface area (Å²) >= 11 is 6.48. The predicted octanol–water partition coefficient (Wildman–Crippen LogP) is 4.58. The van der Waals surface area contributed by atoms with E-state index in [2.05, 4.69) is 6.92 Å². The third-order valence-electron chi connectivity index (χ3n) is 4.53. The average molecular weight is 312 g/mol. The molecular formula is C16H22ClNO3. The highest BCUT2D eigenvalue weighted by molar-refractivity contribution is 6.20. The SMILES string of the molecule is CCC1CCC(Cl)C(Cc2cc([N+](=O)[O-])ccc2OC)C1. The molecule has 0 N–H and O–H groups in total. The Morgan fingerprint density at radius 3 is 2.81 bits per heavy atom. The Bertz CT molecular complexity index is 506. The van der Waals surface area contributed by atoms with E-state index >= 15 is 0 Å². The Labute approximate surface area is 130 Å². The normalized spacial score (nSPS) is 25.6. The largest absolute Gasteiger partial charge is 0.496 e. The fraction of sp³-hybridized carbons (Fsp3) is 0.625. The van der Waals surface area contributed by atoms with Gasteiger partial charge in [-0.25, -0.2) is 0 Å². The molecule has 0 heterocycles. The van der Waals surface area contributed by atoms with Crippen LogP contribution in [-0.2, 0) is 6.42 Å². The molecule has 4 nitrogen and oxygen atoms in total. The van der Waals surface area contributed by atoms with Crippen molar-refractivity contribution in [2.75, 3.05) is 7.11 Å². The summed E-state index contributed by atoms with van der Waals surface area (Å²) in [5, 5.41) is 11.1. The van der Waals surface area contributed by atoms with Crippen molar-refractivity contribution in [3.05, 3.63) is 33.9 Å². The fourth-order valence-corrected chi connectivity index (χ4v) is 3.54. The highest BCUT2D eigenvalue weighted by Crippen LogP contribution is 2.38. The van der Waals surface area contributed by atoms with Gasteiger partial charge < -0.3 is 4.74 Å². The first-order valence-corrected chi connectivity index (χ1v) is 7.94. The topological polar surface area (TPSA) is 52.4 Å². The number of non-ortho nitro benzene ring substituents is 1. The number of nitro benzene ring substituents is 1. The molecule has 0 spiro atoms. The third-order valence-corrected chi connectivity index (χ3v) is 5.11. The fourth-order valence-electron chi connectivity index (χ4n) is 3.23. The number of benzene rings is 1. The predicted molar refractivity (Wildman–Crippen MR) is 84.1 cm³/mol. The zero-order chi connectivity index (χ0) is 15.4. The molecule has 0 bridgehead atoms. The van der Waals surface area contributed by atoms with E-state index in [0.717, 1.165) is 30.7 Å². The van der Waals surface area contributed by atoms with Crippen LogP contribution in [0.25, 0.3) is 0 Å². The number of alkyl halides is 1. The van der Waals surface area contributed by atoms with Crippen molar-refractivity contribution in [2.24, 2.45) is 11.8 Å². The summed E-state index contributed by atoms with van der Waals surface area (Å²) in [5.74, 6) is 1.79. The maximum absolute atomic E-state index is 10.9. The Morgan fingerprint density at radius 1 is 1.43 bits per heavy atom. The van der Waals surface area contributed by atoms with Crippen LogP contribution in [0.2, 0.25) is 0 Å². The van der Waals surface area contributed by atoms with Gasteiger partial charge in [-0.1, -0.05) is 13.3 Å². The Hall–Kier alpha value is -1.29. The second-order valence-electron chi connectivity index (χ2n) is 5.82. The zero-order valence-electron chi connectivity index (χ0n) is 12.5. The second-order valence-corrected chi connectivity index (χ2v) is 6.38. The van der Waals surface area contributed by atoms with Crippen LogP contribution in [0.5, 0.6) is 5.75 Å². The van der Waals surface area contributed by atoms with Crippen molar-refractivity contribution in [3.8, 4) is 5.75 Å². The van der Waals surface area contributed by atoms with E-state index in [0.29, 0.717) is 11.7 Å². The number of halogens is 1. The number of ether oxygens (including phenoxy) is 1. The molecule has 2 rings (SSSR count). The van der Waals surface area contributed by atoms with Crippen molar-refractivity contribution < 1.29 is 9.66 Å². The number of hydrogen-bond donors (Lipinski definition) is 0. The van der Waals surface area contributed by atoms with Gasteiger partial charge in [0.25, 0.3) is 5.69 Å². The molecule has 1 aliphatic carbocycles. The highest BCUT2D eigenvalue weighted by atomic mass is 35.5. The lowest BCUT2D eigenvalue weighted by atomic mass is 9.77. The molecule has 1 aliphatic rings. The molecule has 1 saturated carbocycles. The molecule has 3 unspecified atom stereocenters. The number of nitro groups is 1. The molecule has 0 radical (unpaired) electrons. The summed E-state index contributed by atoms with van der Waals surface area (Å²) < 4.78 is 5.34. The van der Waals surface area contributed by atoms with Gasteiger partial charge in [-0.3, -0.25) is 10.1 Å². The third kappa shape index (κ3) is 3.88. The zero-order valence-corrected chi connectivity index (χ0v) is 13.3. The summed E-state index contributed by atoms with van der Waals surface area (Å²) in [6, 6.07) is 4.78. The Balaban J connectivity index is 2.20. The van der Waals surface area contributed by atoms with E-state index in [4.69, 9.17) is 16.3 Å². The molecule has 1 aromatic rings. The summed E-state index contributed by atoms with van der Waals surface area (Å²) in [5.41, 5.74) is 0.999. The van der Waals surface area contributed by atoms with Crippen LogP contribution >= 0.6 is 11.6 Å². The molecule has 0 aromatic heterocycles. The van der Waals surface area contributed by atoms with E-state index in [1.165, 1.54) is 18.9 Å². The van der Waals surface area contributed by atoms with Gasteiger partial charge in [0, 0.05) is 23.1 Å². The summed E-state index contributed by atoms with van der Waals surface area (Å²) in [6.45, 7) is 2.21. The summed E-state index contributed by atoms with van der Waals surface area (Å²) in [6.07, 6.45) is 5.23. The minimum atomic E-state index is -0.364.